The standard InChI is InChI=1S/C15H8Br3ClS/c16-11-5-4-8(6-13(11)19)14(18)10-7-20-15-9(10)2-1-3-12(15)17/h1-7,14H. The fourth-order valence-electron chi connectivity index (χ4n) is 2.09. The van der Waals surface area contributed by atoms with Crippen molar-refractivity contribution in [3.63, 3.8) is 0 Å². The van der Waals surface area contributed by atoms with Gasteiger partial charge in [-0.3, -0.25) is 0 Å². The van der Waals surface area contributed by atoms with E-state index in [1.807, 2.05) is 12.1 Å². The molecule has 0 nitrogen and oxygen atoms in total. The molecule has 0 aliphatic rings. The number of rotatable bonds is 2. The van der Waals surface area contributed by atoms with E-state index in [0.717, 1.165) is 19.5 Å². The number of hydrogen-bond donors (Lipinski definition) is 0. The van der Waals surface area contributed by atoms with Gasteiger partial charge in [0.25, 0.3) is 0 Å². The Morgan fingerprint density at radius 2 is 1.85 bits per heavy atom. The molecular formula is C15H8Br3ClS. The van der Waals surface area contributed by atoms with Crippen molar-refractivity contribution in [3.8, 4) is 0 Å². The molecule has 2 aromatic carbocycles. The summed E-state index contributed by atoms with van der Waals surface area (Å²) in [5.74, 6) is 0. The van der Waals surface area contributed by atoms with E-state index in [1.54, 1.807) is 11.3 Å². The van der Waals surface area contributed by atoms with E-state index in [0.29, 0.717) is 0 Å². The third-order valence-corrected chi connectivity index (χ3v) is 7.32. The second-order valence-corrected chi connectivity index (χ2v) is 8.25. The summed E-state index contributed by atoms with van der Waals surface area (Å²) in [5, 5.41) is 4.20. The van der Waals surface area contributed by atoms with Crippen LogP contribution in [0.5, 0.6) is 0 Å². The lowest BCUT2D eigenvalue weighted by Gasteiger charge is -2.11. The van der Waals surface area contributed by atoms with Gasteiger partial charge in [0.2, 0.25) is 0 Å². The summed E-state index contributed by atoms with van der Waals surface area (Å²) in [4.78, 5) is 0.135. The molecule has 0 amide bonds. The molecule has 0 saturated carbocycles. The third-order valence-electron chi connectivity index (χ3n) is 3.09. The van der Waals surface area contributed by atoms with Crippen LogP contribution < -0.4 is 0 Å². The van der Waals surface area contributed by atoms with Crippen molar-refractivity contribution in [2.24, 2.45) is 0 Å². The molecule has 0 radical (unpaired) electrons. The Balaban J connectivity index is 2.10. The molecule has 0 N–H and O–H groups in total. The first kappa shape index (κ1) is 15.0. The Hall–Kier alpha value is 0.130. The van der Waals surface area contributed by atoms with Gasteiger partial charge in [0, 0.05) is 13.6 Å². The second kappa shape index (κ2) is 6.09. The summed E-state index contributed by atoms with van der Waals surface area (Å²) in [6.45, 7) is 0. The van der Waals surface area contributed by atoms with Crippen LogP contribution in [-0.4, -0.2) is 0 Å². The molecule has 0 fully saturated rings. The molecule has 5 heteroatoms. The molecule has 3 aromatic rings. The van der Waals surface area contributed by atoms with Crippen LogP contribution in [0.15, 0.2) is 50.7 Å². The minimum Gasteiger partial charge on any atom is -0.142 e. The molecule has 0 aliphatic heterocycles. The van der Waals surface area contributed by atoms with E-state index < -0.39 is 0 Å². The third kappa shape index (κ3) is 2.73. The van der Waals surface area contributed by atoms with Crippen molar-refractivity contribution < 1.29 is 0 Å². The molecule has 1 heterocycles. The number of thiophene rings is 1. The van der Waals surface area contributed by atoms with E-state index in [2.05, 4.69) is 77.4 Å². The maximum atomic E-state index is 6.19. The summed E-state index contributed by atoms with van der Waals surface area (Å²) < 4.78 is 3.33. The number of benzene rings is 2. The fourth-order valence-corrected chi connectivity index (χ4v) is 5.01. The van der Waals surface area contributed by atoms with Crippen LogP contribution in [0.25, 0.3) is 10.1 Å². The zero-order valence-electron chi connectivity index (χ0n) is 10.0. The van der Waals surface area contributed by atoms with E-state index in [9.17, 15) is 0 Å². The average molecular weight is 495 g/mol. The summed E-state index contributed by atoms with van der Waals surface area (Å²) >= 11 is 18.8. The van der Waals surface area contributed by atoms with Crippen molar-refractivity contribution in [2.45, 2.75) is 4.83 Å². The average Bonchev–Trinajstić information content (AvgIpc) is 2.86. The van der Waals surface area contributed by atoms with E-state index in [4.69, 9.17) is 11.6 Å². The fraction of sp³-hybridized carbons (Fsp3) is 0.0667. The minimum absolute atomic E-state index is 0.135. The number of alkyl halides is 1. The lowest BCUT2D eigenvalue weighted by Crippen LogP contribution is -1.91. The van der Waals surface area contributed by atoms with Crippen LogP contribution in [0.3, 0.4) is 0 Å². The molecule has 1 atom stereocenters. The zero-order valence-corrected chi connectivity index (χ0v) is 16.4. The second-order valence-electron chi connectivity index (χ2n) is 4.34. The predicted octanol–water partition coefficient (Wildman–Crippen LogP) is 7.56. The molecule has 102 valence electrons. The molecule has 0 spiro atoms. The van der Waals surface area contributed by atoms with Gasteiger partial charge in [-0.1, -0.05) is 45.7 Å². The molecule has 1 aromatic heterocycles. The molecular weight excluding hydrogens is 487 g/mol. The number of hydrogen-bond acceptors (Lipinski definition) is 1. The van der Waals surface area contributed by atoms with Gasteiger partial charge < -0.3 is 0 Å². The predicted molar refractivity (Wildman–Crippen MR) is 99.4 cm³/mol. The highest BCUT2D eigenvalue weighted by Gasteiger charge is 2.16. The Bertz CT molecular complexity index is 782. The van der Waals surface area contributed by atoms with Crippen LogP contribution in [0.1, 0.15) is 16.0 Å². The Kier molecular flexibility index (Phi) is 4.58. The van der Waals surface area contributed by atoms with E-state index >= 15 is 0 Å². The van der Waals surface area contributed by atoms with Gasteiger partial charge in [0.05, 0.1) is 9.85 Å². The van der Waals surface area contributed by atoms with Gasteiger partial charge in [-0.05, 0) is 72.0 Å². The first-order chi connectivity index (χ1) is 9.58. The quantitative estimate of drug-likeness (QED) is 0.322. The van der Waals surface area contributed by atoms with Crippen LogP contribution in [-0.2, 0) is 0 Å². The van der Waals surface area contributed by atoms with Crippen LogP contribution in [0.2, 0.25) is 5.02 Å². The van der Waals surface area contributed by atoms with Gasteiger partial charge in [0.15, 0.2) is 0 Å². The highest BCUT2D eigenvalue weighted by atomic mass is 79.9. The minimum atomic E-state index is 0.135. The van der Waals surface area contributed by atoms with Crippen molar-refractivity contribution in [3.05, 3.63) is 66.9 Å². The highest BCUT2D eigenvalue weighted by molar-refractivity contribution is 9.11. The van der Waals surface area contributed by atoms with Crippen molar-refractivity contribution in [1.29, 1.82) is 0 Å². The molecule has 1 unspecified atom stereocenters. The molecule has 20 heavy (non-hydrogen) atoms. The van der Waals surface area contributed by atoms with Crippen LogP contribution in [0, 0.1) is 0 Å². The van der Waals surface area contributed by atoms with E-state index in [1.165, 1.54) is 15.6 Å². The summed E-state index contributed by atoms with van der Waals surface area (Å²) in [6.07, 6.45) is 0. The first-order valence-corrected chi connectivity index (χ1v) is 9.58. The van der Waals surface area contributed by atoms with Crippen LogP contribution in [0.4, 0.5) is 0 Å². The molecule has 0 aliphatic carbocycles. The lowest BCUT2D eigenvalue weighted by atomic mass is 10.0. The SMILES string of the molecule is Clc1cc(C(Br)c2csc3c(Br)cccc23)ccc1Br. The van der Waals surface area contributed by atoms with Gasteiger partial charge in [-0.15, -0.1) is 11.3 Å². The van der Waals surface area contributed by atoms with Crippen LogP contribution >= 0.6 is 70.7 Å². The normalized spacial score (nSPS) is 12.8. The maximum Gasteiger partial charge on any atom is 0.0659 e. The Labute approximate surface area is 151 Å². The van der Waals surface area contributed by atoms with E-state index in [-0.39, 0.29) is 4.83 Å². The number of fused-ring (bicyclic) bond motifs is 1. The lowest BCUT2D eigenvalue weighted by molar-refractivity contribution is 1.21. The Morgan fingerprint density at radius 1 is 1.05 bits per heavy atom. The van der Waals surface area contributed by atoms with Gasteiger partial charge in [-0.25, -0.2) is 0 Å². The molecule has 3 rings (SSSR count). The zero-order chi connectivity index (χ0) is 14.3. The molecule has 0 bridgehead atoms. The maximum absolute atomic E-state index is 6.19. The molecule has 0 saturated heterocycles. The van der Waals surface area contributed by atoms with Gasteiger partial charge in [0.1, 0.15) is 0 Å². The van der Waals surface area contributed by atoms with Gasteiger partial charge >= 0.3 is 0 Å². The Morgan fingerprint density at radius 3 is 2.60 bits per heavy atom. The highest BCUT2D eigenvalue weighted by Crippen LogP contribution is 2.41. The monoisotopic (exact) mass is 492 g/mol. The first-order valence-electron chi connectivity index (χ1n) is 5.82. The van der Waals surface area contributed by atoms with Crippen molar-refractivity contribution in [1.82, 2.24) is 0 Å². The largest absolute Gasteiger partial charge is 0.142 e. The summed E-state index contributed by atoms with van der Waals surface area (Å²) in [6, 6.07) is 12.3. The van der Waals surface area contributed by atoms with Crippen molar-refractivity contribution >= 4 is 80.8 Å². The smallest absolute Gasteiger partial charge is 0.0659 e. The summed E-state index contributed by atoms with van der Waals surface area (Å²) in [5.41, 5.74) is 2.42. The topological polar surface area (TPSA) is 0 Å². The van der Waals surface area contributed by atoms with Crippen molar-refractivity contribution in [2.75, 3.05) is 0 Å². The number of halogens is 4. The van der Waals surface area contributed by atoms with Gasteiger partial charge in [-0.2, -0.15) is 0 Å². The summed E-state index contributed by atoms with van der Waals surface area (Å²) in [7, 11) is 0.